The van der Waals surface area contributed by atoms with Gasteiger partial charge < -0.3 is 14.2 Å². The second kappa shape index (κ2) is 9.03. The molecule has 0 radical (unpaired) electrons. The first-order valence-corrected chi connectivity index (χ1v) is 11.2. The molecule has 0 aliphatic heterocycles. The van der Waals surface area contributed by atoms with Gasteiger partial charge in [-0.25, -0.2) is 4.79 Å². The Labute approximate surface area is 208 Å². The fourth-order valence-electron chi connectivity index (χ4n) is 3.55. The molecule has 0 aliphatic carbocycles. The molecule has 1 amide bonds. The molecule has 168 valence electrons. The van der Waals surface area contributed by atoms with Crippen LogP contribution < -0.4 is 10.9 Å². The van der Waals surface area contributed by atoms with Crippen molar-refractivity contribution in [1.82, 2.24) is 0 Å². The molecule has 1 N–H and O–H groups in total. The molecular weight excluding hydrogens is 497 g/mol. The summed E-state index contributed by atoms with van der Waals surface area (Å²) < 4.78 is 11.1. The molecule has 0 saturated heterocycles. The number of carbonyl (C=O) groups excluding carboxylic acids is 1. The number of carbonyl (C=O) groups is 1. The first-order chi connectivity index (χ1) is 16.4. The maximum Gasteiger partial charge on any atom is 0.344 e. The van der Waals surface area contributed by atoms with E-state index in [4.69, 9.17) is 43.6 Å². The van der Waals surface area contributed by atoms with Gasteiger partial charge in [0.05, 0.1) is 15.6 Å². The minimum Gasteiger partial charge on any atom is -0.451 e. The average Bonchev–Trinajstić information content (AvgIpc) is 3.29. The number of halogens is 3. The van der Waals surface area contributed by atoms with Crippen molar-refractivity contribution in [3.63, 3.8) is 0 Å². The number of nitrogens with one attached hydrogen (secondary N) is 1. The van der Waals surface area contributed by atoms with E-state index < -0.39 is 11.5 Å². The van der Waals surface area contributed by atoms with Crippen molar-refractivity contribution in [1.29, 1.82) is 0 Å². The van der Waals surface area contributed by atoms with Crippen LogP contribution in [0.25, 0.3) is 33.4 Å². The monoisotopic (exact) mass is 509 g/mol. The molecule has 5 nitrogen and oxygen atoms in total. The summed E-state index contributed by atoms with van der Waals surface area (Å²) in [5.41, 5.74) is 1.88. The predicted molar refractivity (Wildman–Crippen MR) is 135 cm³/mol. The van der Waals surface area contributed by atoms with Crippen LogP contribution in [0.15, 0.2) is 92.5 Å². The Morgan fingerprint density at radius 1 is 0.735 bits per heavy atom. The van der Waals surface area contributed by atoms with Gasteiger partial charge in [0, 0.05) is 27.2 Å². The van der Waals surface area contributed by atoms with Crippen molar-refractivity contribution in [2.45, 2.75) is 0 Å². The molecule has 0 bridgehead atoms. The van der Waals surface area contributed by atoms with E-state index in [-0.39, 0.29) is 10.8 Å². The van der Waals surface area contributed by atoms with E-state index in [0.717, 1.165) is 5.39 Å². The lowest BCUT2D eigenvalue weighted by Gasteiger charge is -2.08. The van der Waals surface area contributed by atoms with Gasteiger partial charge in [-0.05, 0) is 54.6 Å². The summed E-state index contributed by atoms with van der Waals surface area (Å²) in [7, 11) is 0. The minimum absolute atomic E-state index is 0.0939. The number of fused-ring (bicyclic) bond motifs is 1. The number of furan rings is 1. The van der Waals surface area contributed by atoms with Gasteiger partial charge in [-0.1, -0.05) is 59.1 Å². The predicted octanol–water partition coefficient (Wildman–Crippen LogP) is 7.93. The summed E-state index contributed by atoms with van der Waals surface area (Å²) >= 11 is 18.6. The molecule has 5 rings (SSSR count). The van der Waals surface area contributed by atoms with Gasteiger partial charge in [-0.3, -0.25) is 4.79 Å². The highest BCUT2D eigenvalue weighted by Gasteiger charge is 2.16. The first kappa shape index (κ1) is 22.3. The molecule has 0 saturated carbocycles. The Kier molecular flexibility index (Phi) is 5.92. The van der Waals surface area contributed by atoms with E-state index in [1.807, 2.05) is 12.1 Å². The third-order valence-corrected chi connectivity index (χ3v) is 6.05. The number of amides is 1. The summed E-state index contributed by atoms with van der Waals surface area (Å²) in [6.45, 7) is 0. The zero-order valence-corrected chi connectivity index (χ0v) is 19.5. The van der Waals surface area contributed by atoms with Crippen LogP contribution in [0.5, 0.6) is 0 Å². The van der Waals surface area contributed by atoms with Crippen LogP contribution in [-0.2, 0) is 0 Å². The Morgan fingerprint density at radius 3 is 2.29 bits per heavy atom. The number of hydrogen-bond donors (Lipinski definition) is 1. The van der Waals surface area contributed by atoms with Crippen molar-refractivity contribution in [3.05, 3.63) is 110 Å². The molecule has 2 aromatic heterocycles. The van der Waals surface area contributed by atoms with Crippen LogP contribution in [0.4, 0.5) is 5.69 Å². The van der Waals surface area contributed by atoms with Crippen LogP contribution in [0.3, 0.4) is 0 Å². The van der Waals surface area contributed by atoms with Crippen LogP contribution in [-0.4, -0.2) is 5.91 Å². The standard InChI is InChI=1S/C26H14Cl3NO4/c27-15-5-7-18(20(28)12-15)23-9-10-24(33-23)25(31)30-16-6-8-17(21(29)13-16)19-11-14-3-1-2-4-22(14)34-26(19)32/h1-13H,(H,30,31). The fraction of sp³-hybridized carbons (Fsp3) is 0. The summed E-state index contributed by atoms with van der Waals surface area (Å²) in [5.74, 6) is 0.0602. The second-order valence-electron chi connectivity index (χ2n) is 7.42. The quantitative estimate of drug-likeness (QED) is 0.249. The van der Waals surface area contributed by atoms with Crippen LogP contribution in [0.1, 0.15) is 10.6 Å². The molecule has 0 spiro atoms. The molecule has 0 unspecified atom stereocenters. The Bertz CT molecular complexity index is 1620. The maximum absolute atomic E-state index is 12.7. The number of rotatable bonds is 4. The molecule has 0 atom stereocenters. The van der Waals surface area contributed by atoms with Gasteiger partial charge in [0.15, 0.2) is 5.76 Å². The smallest absolute Gasteiger partial charge is 0.344 e. The van der Waals surface area contributed by atoms with E-state index in [1.165, 1.54) is 0 Å². The lowest BCUT2D eigenvalue weighted by molar-refractivity contribution is 0.0997. The van der Waals surface area contributed by atoms with Gasteiger partial charge >= 0.3 is 5.63 Å². The number of hydrogen-bond acceptors (Lipinski definition) is 4. The topological polar surface area (TPSA) is 72.5 Å². The average molecular weight is 511 g/mol. The zero-order chi connectivity index (χ0) is 23.8. The van der Waals surface area contributed by atoms with Crippen LogP contribution >= 0.6 is 34.8 Å². The number of anilines is 1. The van der Waals surface area contributed by atoms with E-state index in [9.17, 15) is 9.59 Å². The fourth-order valence-corrected chi connectivity index (χ4v) is 4.33. The lowest BCUT2D eigenvalue weighted by atomic mass is 10.1. The third-order valence-electron chi connectivity index (χ3n) is 5.18. The Hall–Kier alpha value is -3.51. The summed E-state index contributed by atoms with van der Waals surface area (Å²) in [6, 6.07) is 22.0. The normalized spacial score (nSPS) is 11.0. The van der Waals surface area contributed by atoms with Crippen LogP contribution in [0, 0.1) is 0 Å². The maximum atomic E-state index is 12.7. The highest BCUT2D eigenvalue weighted by atomic mass is 35.5. The third kappa shape index (κ3) is 4.33. The Morgan fingerprint density at radius 2 is 1.50 bits per heavy atom. The minimum atomic E-state index is -0.499. The van der Waals surface area contributed by atoms with E-state index in [2.05, 4.69) is 5.32 Å². The summed E-state index contributed by atoms with van der Waals surface area (Å²) in [4.78, 5) is 25.2. The highest BCUT2D eigenvalue weighted by molar-refractivity contribution is 6.36. The van der Waals surface area contributed by atoms with E-state index >= 15 is 0 Å². The first-order valence-electron chi connectivity index (χ1n) is 10.1. The van der Waals surface area contributed by atoms with Gasteiger partial charge in [-0.15, -0.1) is 0 Å². The Balaban J connectivity index is 1.39. The van der Waals surface area contributed by atoms with Gasteiger partial charge in [-0.2, -0.15) is 0 Å². The SMILES string of the molecule is O=C(Nc1ccc(-c2cc3ccccc3oc2=O)c(Cl)c1)c1ccc(-c2ccc(Cl)cc2Cl)o1. The number of benzene rings is 3. The zero-order valence-electron chi connectivity index (χ0n) is 17.3. The van der Waals surface area contributed by atoms with E-state index in [1.54, 1.807) is 66.7 Å². The largest absolute Gasteiger partial charge is 0.451 e. The van der Waals surface area contributed by atoms with Crippen molar-refractivity contribution >= 4 is 57.4 Å². The van der Waals surface area contributed by atoms with Crippen molar-refractivity contribution < 1.29 is 13.6 Å². The highest BCUT2D eigenvalue weighted by Crippen LogP contribution is 2.33. The van der Waals surface area contributed by atoms with Crippen LogP contribution in [0.2, 0.25) is 15.1 Å². The molecule has 0 aliphatic rings. The molecule has 0 fully saturated rings. The van der Waals surface area contributed by atoms with Crippen molar-refractivity contribution in [3.8, 4) is 22.5 Å². The van der Waals surface area contributed by atoms with Gasteiger partial charge in [0.2, 0.25) is 0 Å². The lowest BCUT2D eigenvalue weighted by Crippen LogP contribution is -2.11. The molecule has 2 heterocycles. The molecular formula is C26H14Cl3NO4. The molecule has 34 heavy (non-hydrogen) atoms. The molecule has 8 heteroatoms. The van der Waals surface area contributed by atoms with Crippen molar-refractivity contribution in [2.24, 2.45) is 0 Å². The van der Waals surface area contributed by atoms with E-state index in [0.29, 0.717) is 43.8 Å². The van der Waals surface area contributed by atoms with Gasteiger partial charge in [0.1, 0.15) is 11.3 Å². The molecule has 5 aromatic rings. The second-order valence-corrected chi connectivity index (χ2v) is 8.67. The summed E-state index contributed by atoms with van der Waals surface area (Å²) in [5, 5.41) is 4.71. The molecule has 3 aromatic carbocycles. The summed E-state index contributed by atoms with van der Waals surface area (Å²) in [6.07, 6.45) is 0. The van der Waals surface area contributed by atoms with Gasteiger partial charge in [0.25, 0.3) is 5.91 Å². The number of para-hydroxylation sites is 1. The van der Waals surface area contributed by atoms with Crippen molar-refractivity contribution in [2.75, 3.05) is 5.32 Å².